The summed E-state index contributed by atoms with van der Waals surface area (Å²) in [6, 6.07) is 16.8. The van der Waals surface area contributed by atoms with Crippen LogP contribution < -0.4 is 15.0 Å². The van der Waals surface area contributed by atoms with Crippen LogP contribution in [-0.2, 0) is 11.2 Å². The van der Waals surface area contributed by atoms with Gasteiger partial charge in [-0.3, -0.25) is 9.69 Å². The number of benzene rings is 2. The van der Waals surface area contributed by atoms with E-state index in [1.807, 2.05) is 12.1 Å². The molecule has 0 bridgehead atoms. The summed E-state index contributed by atoms with van der Waals surface area (Å²) < 4.78 is 5.23. The highest BCUT2D eigenvalue weighted by Gasteiger charge is 2.20. The Morgan fingerprint density at radius 3 is 2.17 bits per heavy atom. The number of nitrogens with zero attached hydrogens (tertiary/aromatic N) is 2. The standard InChI is InChI=1S/C25H35N3O2/c1-19(2)17-21-5-7-22(8-6-21)20(3)26-25(29)18-27-13-15-28(16-14-27)23-9-11-24(30-4)12-10-23/h5-12,19-20H,13-18H2,1-4H3,(H,26,29)/t20-/m0/s1. The van der Waals surface area contributed by atoms with Crippen LogP contribution in [0.15, 0.2) is 48.5 Å². The Morgan fingerprint density at radius 1 is 0.967 bits per heavy atom. The van der Waals surface area contributed by atoms with Gasteiger partial charge in [0.15, 0.2) is 0 Å². The lowest BCUT2D eigenvalue weighted by Crippen LogP contribution is -2.49. The highest BCUT2D eigenvalue weighted by molar-refractivity contribution is 5.78. The lowest BCUT2D eigenvalue weighted by atomic mass is 10.00. The molecule has 0 aromatic heterocycles. The molecule has 1 N–H and O–H groups in total. The Hall–Kier alpha value is -2.53. The minimum absolute atomic E-state index is 0.0196. The van der Waals surface area contributed by atoms with Crippen LogP contribution in [0.2, 0.25) is 0 Å². The third-order valence-electron chi connectivity index (χ3n) is 5.68. The maximum atomic E-state index is 12.5. The van der Waals surface area contributed by atoms with E-state index in [1.54, 1.807) is 7.11 Å². The molecule has 2 aromatic rings. The number of amides is 1. The number of carbonyl (C=O) groups is 1. The summed E-state index contributed by atoms with van der Waals surface area (Å²) in [4.78, 5) is 17.1. The van der Waals surface area contributed by atoms with Crippen molar-refractivity contribution in [2.75, 3.05) is 44.7 Å². The third-order valence-corrected chi connectivity index (χ3v) is 5.68. The average molecular weight is 410 g/mol. The Balaban J connectivity index is 1.44. The van der Waals surface area contributed by atoms with E-state index in [0.717, 1.165) is 43.9 Å². The van der Waals surface area contributed by atoms with E-state index in [2.05, 4.69) is 72.3 Å². The quantitative estimate of drug-likeness (QED) is 0.718. The maximum Gasteiger partial charge on any atom is 0.234 e. The monoisotopic (exact) mass is 409 g/mol. The average Bonchev–Trinajstić information content (AvgIpc) is 2.74. The van der Waals surface area contributed by atoms with Crippen LogP contribution in [0.4, 0.5) is 5.69 Å². The number of ether oxygens (including phenoxy) is 1. The van der Waals surface area contributed by atoms with E-state index < -0.39 is 0 Å². The van der Waals surface area contributed by atoms with Gasteiger partial charge in [0.25, 0.3) is 0 Å². The Labute approximate surface area is 181 Å². The molecule has 30 heavy (non-hydrogen) atoms. The zero-order chi connectivity index (χ0) is 21.5. The van der Waals surface area contributed by atoms with Crippen molar-refractivity contribution in [3.63, 3.8) is 0 Å². The molecule has 5 nitrogen and oxygen atoms in total. The highest BCUT2D eigenvalue weighted by atomic mass is 16.5. The van der Waals surface area contributed by atoms with Crippen LogP contribution in [0.1, 0.15) is 37.9 Å². The lowest BCUT2D eigenvalue weighted by Gasteiger charge is -2.36. The maximum absolute atomic E-state index is 12.5. The smallest absolute Gasteiger partial charge is 0.234 e. The van der Waals surface area contributed by atoms with Gasteiger partial charge in [-0.1, -0.05) is 38.1 Å². The summed E-state index contributed by atoms with van der Waals surface area (Å²) in [5, 5.41) is 3.15. The van der Waals surface area contributed by atoms with Gasteiger partial charge in [0.1, 0.15) is 5.75 Å². The first kappa shape index (κ1) is 22.2. The SMILES string of the molecule is COc1ccc(N2CCN(CC(=O)N[C@@H](C)c3ccc(CC(C)C)cc3)CC2)cc1. The van der Waals surface area contributed by atoms with Crippen molar-refractivity contribution >= 4 is 11.6 Å². The van der Waals surface area contributed by atoms with E-state index in [0.29, 0.717) is 12.5 Å². The topological polar surface area (TPSA) is 44.8 Å². The van der Waals surface area contributed by atoms with E-state index in [4.69, 9.17) is 4.74 Å². The predicted octanol–water partition coefficient (Wildman–Crippen LogP) is 3.89. The molecule has 1 amide bonds. The minimum atomic E-state index is 0.0196. The molecule has 1 saturated heterocycles. The number of carbonyl (C=O) groups excluding carboxylic acids is 1. The molecule has 1 atom stereocenters. The molecular formula is C25H35N3O2. The van der Waals surface area contributed by atoms with Gasteiger partial charge < -0.3 is 15.0 Å². The molecule has 2 aromatic carbocycles. The molecule has 1 aliphatic heterocycles. The normalized spacial score (nSPS) is 15.8. The molecule has 0 spiro atoms. The summed E-state index contributed by atoms with van der Waals surface area (Å²) in [7, 11) is 1.68. The number of anilines is 1. The number of hydrogen-bond donors (Lipinski definition) is 1. The number of methoxy groups -OCH3 is 1. The van der Waals surface area contributed by atoms with E-state index in [-0.39, 0.29) is 11.9 Å². The second kappa shape index (κ2) is 10.5. The molecule has 1 fully saturated rings. The van der Waals surface area contributed by atoms with Crippen molar-refractivity contribution in [1.82, 2.24) is 10.2 Å². The molecule has 162 valence electrons. The second-order valence-corrected chi connectivity index (χ2v) is 8.59. The Morgan fingerprint density at radius 2 is 1.60 bits per heavy atom. The summed E-state index contributed by atoms with van der Waals surface area (Å²) in [6.45, 7) is 10.6. The fraction of sp³-hybridized carbons (Fsp3) is 0.480. The molecular weight excluding hydrogens is 374 g/mol. The van der Waals surface area contributed by atoms with E-state index in [1.165, 1.54) is 11.3 Å². The predicted molar refractivity (Wildman–Crippen MR) is 123 cm³/mol. The van der Waals surface area contributed by atoms with Crippen LogP contribution in [0.5, 0.6) is 5.75 Å². The fourth-order valence-electron chi connectivity index (χ4n) is 3.94. The van der Waals surface area contributed by atoms with Crippen molar-refractivity contribution in [2.45, 2.75) is 33.2 Å². The molecule has 0 saturated carbocycles. The number of hydrogen-bond acceptors (Lipinski definition) is 4. The van der Waals surface area contributed by atoms with Crippen LogP contribution >= 0.6 is 0 Å². The van der Waals surface area contributed by atoms with Gasteiger partial charge in [-0.25, -0.2) is 0 Å². The van der Waals surface area contributed by atoms with Crippen molar-refractivity contribution in [1.29, 1.82) is 0 Å². The summed E-state index contributed by atoms with van der Waals surface area (Å²) in [5.74, 6) is 1.61. The summed E-state index contributed by atoms with van der Waals surface area (Å²) >= 11 is 0. The molecule has 1 heterocycles. The summed E-state index contributed by atoms with van der Waals surface area (Å²) in [5.41, 5.74) is 3.71. The van der Waals surface area contributed by atoms with Crippen molar-refractivity contribution in [3.05, 3.63) is 59.7 Å². The number of nitrogens with one attached hydrogen (secondary N) is 1. The second-order valence-electron chi connectivity index (χ2n) is 8.59. The van der Waals surface area contributed by atoms with Gasteiger partial charge in [0.2, 0.25) is 5.91 Å². The molecule has 0 radical (unpaired) electrons. The van der Waals surface area contributed by atoms with Crippen molar-refractivity contribution < 1.29 is 9.53 Å². The molecule has 0 unspecified atom stereocenters. The minimum Gasteiger partial charge on any atom is -0.497 e. The zero-order valence-electron chi connectivity index (χ0n) is 18.7. The molecule has 1 aliphatic rings. The van der Waals surface area contributed by atoms with Gasteiger partial charge in [-0.2, -0.15) is 0 Å². The van der Waals surface area contributed by atoms with Crippen molar-refractivity contribution in [2.24, 2.45) is 5.92 Å². The zero-order valence-corrected chi connectivity index (χ0v) is 18.7. The Bertz CT molecular complexity index is 794. The first-order valence-electron chi connectivity index (χ1n) is 10.9. The lowest BCUT2D eigenvalue weighted by molar-refractivity contribution is -0.123. The van der Waals surface area contributed by atoms with Crippen molar-refractivity contribution in [3.8, 4) is 5.75 Å². The van der Waals surface area contributed by atoms with Gasteiger partial charge in [-0.05, 0) is 54.7 Å². The van der Waals surface area contributed by atoms with Crippen LogP contribution in [-0.4, -0.2) is 50.6 Å². The summed E-state index contributed by atoms with van der Waals surface area (Å²) in [6.07, 6.45) is 1.09. The first-order valence-corrected chi connectivity index (χ1v) is 10.9. The van der Waals surface area contributed by atoms with E-state index >= 15 is 0 Å². The molecule has 0 aliphatic carbocycles. The third kappa shape index (κ3) is 6.23. The van der Waals surface area contributed by atoms with Gasteiger partial charge in [0, 0.05) is 31.9 Å². The Kier molecular flexibility index (Phi) is 7.75. The molecule has 5 heteroatoms. The van der Waals surface area contributed by atoms with Crippen LogP contribution in [0.25, 0.3) is 0 Å². The highest BCUT2D eigenvalue weighted by Crippen LogP contribution is 2.20. The van der Waals surface area contributed by atoms with Gasteiger partial charge in [-0.15, -0.1) is 0 Å². The number of rotatable bonds is 8. The first-order chi connectivity index (χ1) is 14.4. The largest absolute Gasteiger partial charge is 0.497 e. The fourth-order valence-corrected chi connectivity index (χ4v) is 3.94. The van der Waals surface area contributed by atoms with E-state index in [9.17, 15) is 4.79 Å². The van der Waals surface area contributed by atoms with Crippen LogP contribution in [0, 0.1) is 5.92 Å². The molecule has 3 rings (SSSR count). The van der Waals surface area contributed by atoms with Gasteiger partial charge >= 0.3 is 0 Å². The number of piperazine rings is 1. The van der Waals surface area contributed by atoms with Gasteiger partial charge in [0.05, 0.1) is 19.7 Å². The van der Waals surface area contributed by atoms with Crippen LogP contribution in [0.3, 0.4) is 0 Å².